The van der Waals surface area contributed by atoms with E-state index in [1.54, 1.807) is 0 Å². The van der Waals surface area contributed by atoms with Crippen LogP contribution in [-0.2, 0) is 215 Å². The predicted octanol–water partition coefficient (Wildman–Crippen LogP) is 1.42. The summed E-state index contributed by atoms with van der Waals surface area (Å²) < 4.78 is 0. The van der Waals surface area contributed by atoms with Crippen molar-refractivity contribution in [3.05, 3.63) is 7.43 Å². The summed E-state index contributed by atoms with van der Waals surface area (Å²) in [6.07, 6.45) is 3.46. The molecule has 0 saturated carbocycles. The van der Waals surface area contributed by atoms with Gasteiger partial charge in [-0.2, -0.15) is 0 Å². The Labute approximate surface area is 237 Å². The molecule has 0 aromatic heterocycles. The van der Waals surface area contributed by atoms with Crippen molar-refractivity contribution in [2.75, 3.05) is 6.66 Å². The summed E-state index contributed by atoms with van der Waals surface area (Å²) in [6.45, 7) is 1.99. The van der Waals surface area contributed by atoms with Crippen molar-refractivity contribution in [3.63, 3.8) is 0 Å². The third kappa shape index (κ3) is 85.9. The molecule has 0 aliphatic rings. The Morgan fingerprint density at radius 1 is 0.750 bits per heavy atom. The van der Waals surface area contributed by atoms with Crippen LogP contribution in [0.3, 0.4) is 0 Å². The van der Waals surface area contributed by atoms with Crippen LogP contribution in [0.25, 0.3) is 0 Å². The third-order valence-electron chi connectivity index (χ3n) is 0. The van der Waals surface area contributed by atoms with Gasteiger partial charge >= 0.3 is 0 Å². The molecule has 0 aromatic rings. The summed E-state index contributed by atoms with van der Waals surface area (Å²) in [6, 6.07) is 0. The molecule has 0 atom stereocenters. The molecule has 0 spiro atoms. The van der Waals surface area contributed by atoms with Crippen LogP contribution >= 0.6 is 8.20 Å². The van der Waals surface area contributed by atoms with Crippen molar-refractivity contribution < 1.29 is 215 Å². The fourth-order valence-corrected chi connectivity index (χ4v) is 0. The fourth-order valence-electron chi connectivity index (χ4n) is 0. The molecule has 0 heterocycles. The van der Waals surface area contributed by atoms with Gasteiger partial charge < -0.3 is 7.43 Å². The van der Waals surface area contributed by atoms with Gasteiger partial charge in [-0.1, -0.05) is 6.30 Å². The molecule has 0 aliphatic heterocycles. The van der Waals surface area contributed by atoms with Gasteiger partial charge in [0.2, 0.25) is 0 Å². The van der Waals surface area contributed by atoms with E-state index in [9.17, 15) is 0 Å². The van der Waals surface area contributed by atoms with Gasteiger partial charge in [-0.15, -0.1) is 8.20 Å². The molecular weight excluding hydrogens is 1160 g/mol. The van der Waals surface area contributed by atoms with Crippen molar-refractivity contribution in [2.45, 2.75) is 0 Å². The Hall–Kier alpha value is 7.34. The van der Waals surface area contributed by atoms with E-state index in [1.807, 2.05) is 6.66 Å². The average molecular weight is 1170 g/mol. The smallest absolute Gasteiger partial charge is 0 e. The first-order valence-corrected chi connectivity index (χ1v) is 2.29. The SMILES string of the molecule is C=PC.[CH3-].[W].[W].[W].[W].[Y].[Y].[Y].[Y]. The second kappa shape index (κ2) is 79.3. The van der Waals surface area contributed by atoms with E-state index in [1.165, 1.54) is 8.20 Å². The van der Waals surface area contributed by atoms with Crippen molar-refractivity contribution in [2.24, 2.45) is 0 Å². The van der Waals surface area contributed by atoms with Gasteiger partial charge in [0.25, 0.3) is 0 Å². The van der Waals surface area contributed by atoms with Crippen LogP contribution in [0.5, 0.6) is 0 Å². The summed E-state index contributed by atoms with van der Waals surface area (Å²) in [5.74, 6) is 0. The Balaban J connectivity index is -0.000000000556. The zero-order valence-corrected chi connectivity index (χ0v) is 31.1. The third-order valence-corrected chi connectivity index (χ3v) is 0. The first-order chi connectivity index (χ1) is 1.41. The van der Waals surface area contributed by atoms with Crippen LogP contribution in [-0.4, -0.2) is 13.0 Å². The number of hydrogen-bond acceptors (Lipinski definition) is 0. The summed E-state index contributed by atoms with van der Waals surface area (Å²) in [5.41, 5.74) is 0. The van der Waals surface area contributed by atoms with Crippen molar-refractivity contribution >= 4 is 14.5 Å². The molecule has 0 nitrogen and oxygen atoms in total. The fraction of sp³-hybridized carbons (Fsp3) is 0.333. The molecule has 0 saturated heterocycles. The van der Waals surface area contributed by atoms with Crippen LogP contribution in [0.15, 0.2) is 0 Å². The van der Waals surface area contributed by atoms with Crippen molar-refractivity contribution in [3.8, 4) is 0 Å². The quantitative estimate of drug-likeness (QED) is 0.255. The maximum atomic E-state index is 3.46. The molecule has 4 radical (unpaired) electrons. The Morgan fingerprint density at radius 2 is 0.750 bits per heavy atom. The zero-order chi connectivity index (χ0) is 2.71. The van der Waals surface area contributed by atoms with E-state index in [-0.39, 0.29) is 223 Å². The molecule has 0 amide bonds. The van der Waals surface area contributed by atoms with Crippen LogP contribution in [0.2, 0.25) is 0 Å². The van der Waals surface area contributed by atoms with Gasteiger partial charge in [0, 0.05) is 215 Å². The van der Waals surface area contributed by atoms with Gasteiger partial charge in [-0.05, 0) is 6.66 Å². The number of rotatable bonds is 0. The predicted molar refractivity (Wildman–Crippen MR) is 26.4 cm³/mol. The second-order valence-corrected chi connectivity index (χ2v) is 0.949. The van der Waals surface area contributed by atoms with Crippen molar-refractivity contribution in [1.29, 1.82) is 0 Å². The monoisotopic (exact) mass is 1170 g/mol. The minimum absolute atomic E-state index is 0. The van der Waals surface area contributed by atoms with Crippen LogP contribution in [0.1, 0.15) is 0 Å². The normalized spacial score (nSPS) is 1.75. The van der Waals surface area contributed by atoms with E-state index in [4.69, 9.17) is 0 Å². The topological polar surface area (TPSA) is 0 Å². The Bertz CT molecular complexity index is 29.8. The zero-order valence-electron chi connectivity index (χ0n) is 7.10. The van der Waals surface area contributed by atoms with E-state index in [0.29, 0.717) is 0 Å². The van der Waals surface area contributed by atoms with Gasteiger partial charge in [-0.25, -0.2) is 0 Å². The largest absolute Gasteiger partial charge is 0.358 e. The minimum Gasteiger partial charge on any atom is -0.358 e. The maximum absolute atomic E-state index is 3.46. The van der Waals surface area contributed by atoms with Gasteiger partial charge in [0.1, 0.15) is 0 Å². The molecule has 9 heteroatoms. The Kier molecular flexibility index (Phi) is 493. The molecule has 0 rings (SSSR count). The van der Waals surface area contributed by atoms with E-state index in [2.05, 4.69) is 6.30 Å². The summed E-state index contributed by atoms with van der Waals surface area (Å²) in [4.78, 5) is 0. The van der Waals surface area contributed by atoms with E-state index >= 15 is 0 Å². The molecule has 12 heavy (non-hydrogen) atoms. The van der Waals surface area contributed by atoms with E-state index < -0.39 is 0 Å². The molecule has 0 bridgehead atoms. The average Bonchev–Trinajstić information content (AvgIpc) is 0.918. The molecule has 0 unspecified atom stereocenters. The summed E-state index contributed by atoms with van der Waals surface area (Å²) in [7, 11) is 1.17. The standard InChI is InChI=1S/C2H5P.CH3.4W.4Y/c1-3-2;;;;;;;;;/h1H2,2H3;1H3;;;;;;;;/q;-1;;;;;;;;. The van der Waals surface area contributed by atoms with Crippen LogP contribution in [0, 0.1) is 7.43 Å². The van der Waals surface area contributed by atoms with Gasteiger partial charge in [0.05, 0.1) is 0 Å². The van der Waals surface area contributed by atoms with Crippen LogP contribution < -0.4 is 0 Å². The second-order valence-electron chi connectivity index (χ2n) is 0.316. The maximum Gasteiger partial charge on any atom is 0 e. The molecule has 0 aliphatic carbocycles. The molecule has 0 N–H and O–H groups in total. The first kappa shape index (κ1) is 74.6. The molecular formula is C3H8PW4Y4-. The Morgan fingerprint density at radius 3 is 0.750 bits per heavy atom. The molecule has 0 fully saturated rings. The van der Waals surface area contributed by atoms with Gasteiger partial charge in [0.15, 0.2) is 0 Å². The first-order valence-electron chi connectivity index (χ1n) is 0.763. The molecule has 0 aromatic carbocycles. The number of hydrogen-bond donors (Lipinski definition) is 0. The summed E-state index contributed by atoms with van der Waals surface area (Å²) in [5, 5.41) is 0. The van der Waals surface area contributed by atoms with Crippen LogP contribution in [0.4, 0.5) is 0 Å². The van der Waals surface area contributed by atoms with E-state index in [0.717, 1.165) is 0 Å². The summed E-state index contributed by atoms with van der Waals surface area (Å²) >= 11 is 0. The van der Waals surface area contributed by atoms with Crippen molar-refractivity contribution in [1.82, 2.24) is 0 Å². The van der Waals surface area contributed by atoms with Gasteiger partial charge in [-0.3, -0.25) is 0 Å². The minimum atomic E-state index is 0. The molecule has 62 valence electrons.